The second-order valence-electron chi connectivity index (χ2n) is 7.33. The maximum absolute atomic E-state index is 4.53. The van der Waals surface area contributed by atoms with Gasteiger partial charge in [-0.1, -0.05) is 36.8 Å². The van der Waals surface area contributed by atoms with Crippen molar-refractivity contribution in [1.29, 1.82) is 0 Å². The summed E-state index contributed by atoms with van der Waals surface area (Å²) >= 11 is 0. The lowest BCUT2D eigenvalue weighted by atomic mass is 9.90. The van der Waals surface area contributed by atoms with Gasteiger partial charge in [0.15, 0.2) is 5.82 Å². The summed E-state index contributed by atoms with van der Waals surface area (Å²) in [6, 6.07) is 16.5. The fourth-order valence-electron chi connectivity index (χ4n) is 4.43. The van der Waals surface area contributed by atoms with Gasteiger partial charge < -0.3 is 4.90 Å². The van der Waals surface area contributed by atoms with Gasteiger partial charge in [0.05, 0.1) is 5.69 Å². The average Bonchev–Trinajstić information content (AvgIpc) is 2.61. The summed E-state index contributed by atoms with van der Waals surface area (Å²) in [5.41, 5.74) is 2.07. The first-order valence-corrected chi connectivity index (χ1v) is 9.14. The molecule has 1 aromatic heterocycles. The van der Waals surface area contributed by atoms with E-state index in [1.807, 2.05) is 18.2 Å². The van der Waals surface area contributed by atoms with E-state index in [2.05, 4.69) is 58.1 Å². The SMILES string of the molecule is CC(C)N1C2CCCC1CN(c1ccc(-c3ccccc3)nn1)C2. The molecule has 3 heterocycles. The Morgan fingerprint density at radius 3 is 2.21 bits per heavy atom. The zero-order valence-corrected chi connectivity index (χ0v) is 14.6. The molecule has 0 saturated carbocycles. The van der Waals surface area contributed by atoms with Crippen LogP contribution in [0.4, 0.5) is 5.82 Å². The highest BCUT2D eigenvalue weighted by Gasteiger charge is 2.38. The van der Waals surface area contributed by atoms with Gasteiger partial charge in [0, 0.05) is 36.8 Å². The van der Waals surface area contributed by atoms with E-state index in [0.29, 0.717) is 18.1 Å². The molecule has 4 heteroatoms. The minimum atomic E-state index is 0.633. The fraction of sp³-hybridized carbons (Fsp3) is 0.500. The van der Waals surface area contributed by atoms with Crippen LogP contribution in [0.1, 0.15) is 33.1 Å². The van der Waals surface area contributed by atoms with E-state index in [1.165, 1.54) is 19.3 Å². The molecular weight excluding hydrogens is 296 g/mol. The Hall–Kier alpha value is -1.94. The summed E-state index contributed by atoms with van der Waals surface area (Å²) in [4.78, 5) is 5.17. The maximum atomic E-state index is 4.53. The molecule has 0 amide bonds. The van der Waals surface area contributed by atoms with Gasteiger partial charge in [0.1, 0.15) is 0 Å². The third kappa shape index (κ3) is 2.91. The average molecular weight is 322 g/mol. The monoisotopic (exact) mass is 322 g/mol. The van der Waals surface area contributed by atoms with Crippen LogP contribution < -0.4 is 4.90 Å². The Morgan fingerprint density at radius 2 is 1.62 bits per heavy atom. The van der Waals surface area contributed by atoms with Crippen molar-refractivity contribution in [2.24, 2.45) is 0 Å². The van der Waals surface area contributed by atoms with Gasteiger partial charge in [-0.25, -0.2) is 0 Å². The van der Waals surface area contributed by atoms with Crippen molar-refractivity contribution in [3.63, 3.8) is 0 Å². The van der Waals surface area contributed by atoms with E-state index in [4.69, 9.17) is 0 Å². The Morgan fingerprint density at radius 1 is 0.917 bits per heavy atom. The first kappa shape index (κ1) is 15.6. The van der Waals surface area contributed by atoms with Crippen LogP contribution in [-0.4, -0.2) is 46.3 Å². The lowest BCUT2D eigenvalue weighted by Gasteiger charge is -2.52. The molecule has 2 aromatic rings. The second-order valence-corrected chi connectivity index (χ2v) is 7.33. The van der Waals surface area contributed by atoms with Crippen LogP contribution in [0.15, 0.2) is 42.5 Å². The Kier molecular flexibility index (Phi) is 4.23. The summed E-state index contributed by atoms with van der Waals surface area (Å²) in [5.74, 6) is 1.02. The molecular formula is C20H26N4. The Bertz CT molecular complexity index is 654. The Balaban J connectivity index is 1.53. The number of benzene rings is 1. The number of rotatable bonds is 3. The van der Waals surface area contributed by atoms with E-state index in [-0.39, 0.29) is 0 Å². The van der Waals surface area contributed by atoms with Crippen molar-refractivity contribution in [2.75, 3.05) is 18.0 Å². The molecule has 2 aliphatic heterocycles. The molecule has 4 nitrogen and oxygen atoms in total. The predicted molar refractivity (Wildman–Crippen MR) is 98.1 cm³/mol. The van der Waals surface area contributed by atoms with Crippen LogP contribution in [-0.2, 0) is 0 Å². The highest BCUT2D eigenvalue weighted by atomic mass is 15.4. The number of aromatic nitrogens is 2. The van der Waals surface area contributed by atoms with Crippen LogP contribution >= 0.6 is 0 Å². The van der Waals surface area contributed by atoms with Crippen molar-refractivity contribution in [3.8, 4) is 11.3 Å². The largest absolute Gasteiger partial charge is 0.352 e. The molecule has 2 atom stereocenters. The molecule has 2 bridgehead atoms. The first-order chi connectivity index (χ1) is 11.7. The number of anilines is 1. The summed E-state index contributed by atoms with van der Waals surface area (Å²) in [6.07, 6.45) is 3.98. The minimum absolute atomic E-state index is 0.633. The number of hydrogen-bond donors (Lipinski definition) is 0. The molecule has 1 aromatic carbocycles. The van der Waals surface area contributed by atoms with Gasteiger partial charge in [0.2, 0.25) is 0 Å². The first-order valence-electron chi connectivity index (χ1n) is 9.14. The quantitative estimate of drug-likeness (QED) is 0.864. The zero-order chi connectivity index (χ0) is 16.5. The molecule has 2 unspecified atom stereocenters. The number of nitrogens with zero attached hydrogens (tertiary/aromatic N) is 4. The number of piperazine rings is 1. The summed E-state index contributed by atoms with van der Waals surface area (Å²) in [5, 5.41) is 9.00. The zero-order valence-electron chi connectivity index (χ0n) is 14.6. The van der Waals surface area contributed by atoms with Crippen molar-refractivity contribution in [1.82, 2.24) is 15.1 Å². The third-order valence-corrected chi connectivity index (χ3v) is 5.42. The normalized spacial score (nSPS) is 24.4. The minimum Gasteiger partial charge on any atom is -0.352 e. The smallest absolute Gasteiger partial charge is 0.151 e. The van der Waals surface area contributed by atoms with Crippen LogP contribution in [0.2, 0.25) is 0 Å². The molecule has 4 rings (SSSR count). The van der Waals surface area contributed by atoms with Crippen molar-refractivity contribution in [2.45, 2.75) is 51.2 Å². The highest BCUT2D eigenvalue weighted by Crippen LogP contribution is 2.32. The summed E-state index contributed by atoms with van der Waals surface area (Å²) in [6.45, 7) is 6.81. The number of piperidine rings is 1. The molecule has 2 saturated heterocycles. The van der Waals surface area contributed by atoms with Crippen molar-refractivity contribution >= 4 is 5.82 Å². The number of fused-ring (bicyclic) bond motifs is 2. The lowest BCUT2D eigenvalue weighted by molar-refractivity contribution is 0.0366. The molecule has 24 heavy (non-hydrogen) atoms. The topological polar surface area (TPSA) is 32.3 Å². The van der Waals surface area contributed by atoms with E-state index in [1.54, 1.807) is 0 Å². The van der Waals surface area contributed by atoms with Gasteiger partial charge in [-0.15, -0.1) is 10.2 Å². The van der Waals surface area contributed by atoms with E-state index in [0.717, 1.165) is 30.2 Å². The van der Waals surface area contributed by atoms with E-state index >= 15 is 0 Å². The molecule has 126 valence electrons. The van der Waals surface area contributed by atoms with Crippen molar-refractivity contribution < 1.29 is 0 Å². The third-order valence-electron chi connectivity index (χ3n) is 5.42. The van der Waals surface area contributed by atoms with E-state index < -0.39 is 0 Å². The predicted octanol–water partition coefficient (Wildman–Crippen LogP) is 3.60. The van der Waals surface area contributed by atoms with Gasteiger partial charge in [-0.3, -0.25) is 4.90 Å². The standard InChI is InChI=1S/C20H26N4/c1-15(2)24-17-9-6-10-18(24)14-23(13-17)20-12-11-19(21-22-20)16-7-4-3-5-8-16/h3-5,7-8,11-12,15,17-18H,6,9-10,13-14H2,1-2H3. The summed E-state index contributed by atoms with van der Waals surface area (Å²) in [7, 11) is 0. The van der Waals surface area contributed by atoms with E-state index in [9.17, 15) is 0 Å². The van der Waals surface area contributed by atoms with Gasteiger partial charge in [-0.2, -0.15) is 0 Å². The molecule has 0 aliphatic carbocycles. The fourth-order valence-corrected chi connectivity index (χ4v) is 4.43. The molecule has 2 aliphatic rings. The number of hydrogen-bond acceptors (Lipinski definition) is 4. The van der Waals surface area contributed by atoms with Gasteiger partial charge in [-0.05, 0) is 38.8 Å². The van der Waals surface area contributed by atoms with Crippen molar-refractivity contribution in [3.05, 3.63) is 42.5 Å². The van der Waals surface area contributed by atoms with Crippen LogP contribution in [0.25, 0.3) is 11.3 Å². The Labute approximate surface area is 144 Å². The highest BCUT2D eigenvalue weighted by molar-refractivity contribution is 5.59. The van der Waals surface area contributed by atoms with Crippen LogP contribution in [0, 0.1) is 0 Å². The molecule has 0 radical (unpaired) electrons. The molecule has 0 spiro atoms. The van der Waals surface area contributed by atoms with Gasteiger partial charge >= 0.3 is 0 Å². The lowest BCUT2D eigenvalue weighted by Crippen LogP contribution is -2.63. The summed E-state index contributed by atoms with van der Waals surface area (Å²) < 4.78 is 0. The molecule has 2 fully saturated rings. The molecule has 0 N–H and O–H groups in total. The van der Waals surface area contributed by atoms with Crippen LogP contribution in [0.5, 0.6) is 0 Å². The second kappa shape index (κ2) is 6.52. The van der Waals surface area contributed by atoms with Crippen LogP contribution in [0.3, 0.4) is 0 Å². The maximum Gasteiger partial charge on any atom is 0.151 e. The van der Waals surface area contributed by atoms with Gasteiger partial charge in [0.25, 0.3) is 0 Å².